The lowest BCUT2D eigenvalue weighted by Crippen LogP contribution is -2.28. The molecule has 1 aliphatic rings. The SMILES string of the molecule is Cc1ccc(C(=O)[C@H]2CC(=O)Nc3c2c(C)nn3-c2ccc(C)c(C)c2)s1. The van der Waals surface area contributed by atoms with E-state index in [1.54, 1.807) is 4.68 Å². The molecular formula is C21H21N3O2S. The fourth-order valence-corrected chi connectivity index (χ4v) is 4.42. The second-order valence-corrected chi connectivity index (χ2v) is 8.40. The fourth-order valence-electron chi connectivity index (χ4n) is 3.55. The number of amides is 1. The molecule has 5 nitrogen and oxygen atoms in total. The first-order valence-electron chi connectivity index (χ1n) is 8.93. The average Bonchev–Trinajstić information content (AvgIpc) is 3.20. The van der Waals surface area contributed by atoms with Crippen molar-refractivity contribution in [3.63, 3.8) is 0 Å². The Labute approximate surface area is 162 Å². The summed E-state index contributed by atoms with van der Waals surface area (Å²) in [6, 6.07) is 9.85. The van der Waals surface area contributed by atoms with Crippen molar-refractivity contribution < 1.29 is 9.59 Å². The van der Waals surface area contributed by atoms with Crippen LogP contribution in [0.5, 0.6) is 0 Å². The molecule has 3 heterocycles. The number of hydrogen-bond acceptors (Lipinski definition) is 4. The smallest absolute Gasteiger partial charge is 0.226 e. The van der Waals surface area contributed by atoms with Gasteiger partial charge in [0.05, 0.1) is 22.2 Å². The minimum atomic E-state index is -0.493. The highest BCUT2D eigenvalue weighted by Gasteiger charge is 2.36. The van der Waals surface area contributed by atoms with Crippen LogP contribution in [0.3, 0.4) is 0 Å². The van der Waals surface area contributed by atoms with Crippen LogP contribution in [-0.4, -0.2) is 21.5 Å². The number of benzene rings is 1. The van der Waals surface area contributed by atoms with Gasteiger partial charge in [-0.1, -0.05) is 6.07 Å². The van der Waals surface area contributed by atoms with Gasteiger partial charge < -0.3 is 5.32 Å². The summed E-state index contributed by atoms with van der Waals surface area (Å²) in [4.78, 5) is 27.3. The molecular weight excluding hydrogens is 358 g/mol. The quantitative estimate of drug-likeness (QED) is 0.683. The lowest BCUT2D eigenvalue weighted by Gasteiger charge is -2.22. The largest absolute Gasteiger partial charge is 0.310 e. The van der Waals surface area contributed by atoms with Gasteiger partial charge in [-0.25, -0.2) is 4.68 Å². The Morgan fingerprint density at radius 1 is 1.15 bits per heavy atom. The summed E-state index contributed by atoms with van der Waals surface area (Å²) < 4.78 is 1.74. The van der Waals surface area contributed by atoms with Gasteiger partial charge in [-0.3, -0.25) is 9.59 Å². The van der Waals surface area contributed by atoms with Crippen LogP contribution in [0.4, 0.5) is 5.82 Å². The Kier molecular flexibility index (Phi) is 4.23. The van der Waals surface area contributed by atoms with Crippen molar-refractivity contribution >= 4 is 28.8 Å². The number of nitrogens with one attached hydrogen (secondary N) is 1. The average molecular weight is 379 g/mol. The first kappa shape index (κ1) is 17.7. The summed E-state index contributed by atoms with van der Waals surface area (Å²) in [6.07, 6.45) is 0.155. The van der Waals surface area contributed by atoms with Crippen molar-refractivity contribution in [3.8, 4) is 5.69 Å². The molecule has 1 aliphatic heterocycles. The van der Waals surface area contributed by atoms with E-state index in [4.69, 9.17) is 0 Å². The number of hydrogen-bond donors (Lipinski definition) is 1. The molecule has 1 atom stereocenters. The molecule has 0 saturated carbocycles. The Morgan fingerprint density at radius 3 is 2.59 bits per heavy atom. The number of anilines is 1. The van der Waals surface area contributed by atoms with Crippen LogP contribution < -0.4 is 5.32 Å². The minimum absolute atomic E-state index is 0.00747. The summed E-state index contributed by atoms with van der Waals surface area (Å²) in [5.74, 6) is -0.0447. The molecule has 2 aromatic heterocycles. The Bertz CT molecular complexity index is 1080. The lowest BCUT2D eigenvalue weighted by molar-refractivity contribution is -0.116. The van der Waals surface area contributed by atoms with Crippen molar-refractivity contribution in [1.29, 1.82) is 0 Å². The van der Waals surface area contributed by atoms with E-state index in [1.165, 1.54) is 16.9 Å². The van der Waals surface area contributed by atoms with E-state index in [-0.39, 0.29) is 18.1 Å². The molecule has 0 unspecified atom stereocenters. The van der Waals surface area contributed by atoms with E-state index in [9.17, 15) is 9.59 Å². The number of Topliss-reactive ketones (excluding diaryl/α,β-unsaturated/α-hetero) is 1. The Balaban J connectivity index is 1.83. The predicted molar refractivity (Wildman–Crippen MR) is 107 cm³/mol. The molecule has 4 rings (SSSR count). The van der Waals surface area contributed by atoms with Crippen LogP contribution in [0.2, 0.25) is 0 Å². The summed E-state index contributed by atoms with van der Waals surface area (Å²) in [7, 11) is 0. The molecule has 0 fully saturated rings. The number of thiophene rings is 1. The van der Waals surface area contributed by atoms with Crippen molar-refractivity contribution in [2.75, 3.05) is 5.32 Å². The molecule has 1 amide bonds. The second kappa shape index (κ2) is 6.46. The van der Waals surface area contributed by atoms with Gasteiger partial charge >= 0.3 is 0 Å². The molecule has 0 saturated heterocycles. The van der Waals surface area contributed by atoms with Crippen LogP contribution in [0, 0.1) is 27.7 Å². The number of aromatic nitrogens is 2. The second-order valence-electron chi connectivity index (χ2n) is 7.11. The number of ketones is 1. The minimum Gasteiger partial charge on any atom is -0.310 e. The molecule has 6 heteroatoms. The van der Waals surface area contributed by atoms with Crippen LogP contribution >= 0.6 is 11.3 Å². The van der Waals surface area contributed by atoms with Crippen molar-refractivity contribution in [3.05, 3.63) is 62.5 Å². The lowest BCUT2D eigenvalue weighted by atomic mass is 9.87. The van der Waals surface area contributed by atoms with Gasteiger partial charge in [-0.2, -0.15) is 5.10 Å². The molecule has 138 valence electrons. The number of carbonyl (C=O) groups excluding carboxylic acids is 2. The molecule has 0 aliphatic carbocycles. The van der Waals surface area contributed by atoms with Gasteiger partial charge in [0.25, 0.3) is 0 Å². The highest BCUT2D eigenvalue weighted by molar-refractivity contribution is 7.14. The molecule has 27 heavy (non-hydrogen) atoms. The summed E-state index contributed by atoms with van der Waals surface area (Å²) in [5.41, 5.74) is 4.82. The fraction of sp³-hybridized carbons (Fsp3) is 0.286. The zero-order chi connectivity index (χ0) is 19.3. The molecule has 1 N–H and O–H groups in total. The van der Waals surface area contributed by atoms with Gasteiger partial charge in [-0.05, 0) is 63.1 Å². The van der Waals surface area contributed by atoms with E-state index in [0.717, 1.165) is 27.4 Å². The normalized spacial score (nSPS) is 16.1. The highest BCUT2D eigenvalue weighted by atomic mass is 32.1. The number of aryl methyl sites for hydroxylation is 4. The van der Waals surface area contributed by atoms with E-state index >= 15 is 0 Å². The molecule has 1 aromatic carbocycles. The topological polar surface area (TPSA) is 64.0 Å². The molecule has 3 aromatic rings. The number of carbonyl (C=O) groups is 2. The van der Waals surface area contributed by atoms with Crippen molar-refractivity contribution in [1.82, 2.24) is 9.78 Å². The molecule has 0 radical (unpaired) electrons. The molecule has 0 bridgehead atoms. The van der Waals surface area contributed by atoms with Crippen molar-refractivity contribution in [2.45, 2.75) is 40.0 Å². The maximum atomic E-state index is 13.1. The van der Waals surface area contributed by atoms with Crippen LogP contribution in [0.15, 0.2) is 30.3 Å². The van der Waals surface area contributed by atoms with E-state index in [2.05, 4.69) is 17.3 Å². The third kappa shape index (κ3) is 3.00. The van der Waals surface area contributed by atoms with Gasteiger partial charge in [0.2, 0.25) is 5.91 Å². The van der Waals surface area contributed by atoms with E-state index in [1.807, 2.05) is 51.1 Å². The number of rotatable bonds is 3. The maximum absolute atomic E-state index is 13.1. The Hall–Kier alpha value is -2.73. The standard InChI is InChI=1S/C21H21N3O2S/c1-11-5-7-15(9-12(11)2)24-21-19(14(4)23-24)16(10-18(25)22-21)20(26)17-8-6-13(3)27-17/h5-9,16H,10H2,1-4H3,(H,22,25)/t16-/m0/s1. The van der Waals surface area contributed by atoms with Crippen LogP contribution in [0.1, 0.15) is 49.3 Å². The highest BCUT2D eigenvalue weighted by Crippen LogP contribution is 2.39. The van der Waals surface area contributed by atoms with Crippen LogP contribution in [-0.2, 0) is 4.79 Å². The number of fused-ring (bicyclic) bond motifs is 1. The summed E-state index contributed by atoms with van der Waals surface area (Å²) >= 11 is 1.47. The predicted octanol–water partition coefficient (Wildman–Crippen LogP) is 4.48. The van der Waals surface area contributed by atoms with Gasteiger partial charge in [0.1, 0.15) is 5.82 Å². The molecule has 0 spiro atoms. The monoisotopic (exact) mass is 379 g/mol. The first-order chi connectivity index (χ1) is 12.8. The van der Waals surface area contributed by atoms with Crippen LogP contribution in [0.25, 0.3) is 5.69 Å². The zero-order valence-electron chi connectivity index (χ0n) is 15.8. The third-order valence-electron chi connectivity index (χ3n) is 5.14. The zero-order valence-corrected chi connectivity index (χ0v) is 16.6. The summed E-state index contributed by atoms with van der Waals surface area (Å²) in [6.45, 7) is 7.98. The maximum Gasteiger partial charge on any atom is 0.226 e. The first-order valence-corrected chi connectivity index (χ1v) is 9.74. The third-order valence-corrected chi connectivity index (χ3v) is 6.15. The van der Waals surface area contributed by atoms with Gasteiger partial charge in [0.15, 0.2) is 5.78 Å². The van der Waals surface area contributed by atoms with Gasteiger partial charge in [0, 0.05) is 16.9 Å². The van der Waals surface area contributed by atoms with Crippen molar-refractivity contribution in [2.24, 2.45) is 0 Å². The van der Waals surface area contributed by atoms with Gasteiger partial charge in [-0.15, -0.1) is 11.3 Å². The Morgan fingerprint density at radius 2 is 1.93 bits per heavy atom. The number of nitrogens with zero attached hydrogens (tertiary/aromatic N) is 2. The van der Waals surface area contributed by atoms with E-state index in [0.29, 0.717) is 10.7 Å². The van der Waals surface area contributed by atoms with E-state index < -0.39 is 5.92 Å². The summed E-state index contributed by atoms with van der Waals surface area (Å²) in [5, 5.41) is 7.59.